The van der Waals surface area contributed by atoms with Crippen LogP contribution in [0.5, 0.6) is 5.75 Å². The van der Waals surface area contributed by atoms with Gasteiger partial charge in [-0.3, -0.25) is 0 Å². The second kappa shape index (κ2) is 5.21. The van der Waals surface area contributed by atoms with Gasteiger partial charge in [0.2, 0.25) is 0 Å². The van der Waals surface area contributed by atoms with E-state index in [1.165, 1.54) is 19.2 Å². The Morgan fingerprint density at radius 2 is 2.19 bits per heavy atom. The van der Waals surface area contributed by atoms with Crippen molar-refractivity contribution < 1.29 is 19.4 Å². The summed E-state index contributed by atoms with van der Waals surface area (Å²) in [7, 11) is 1.51. The first-order valence-corrected chi connectivity index (χ1v) is 4.83. The fourth-order valence-electron chi connectivity index (χ4n) is 1.31. The van der Waals surface area contributed by atoms with E-state index >= 15 is 0 Å². The molecule has 0 aliphatic rings. The largest absolute Gasteiger partial charge is 0.496 e. The van der Waals surface area contributed by atoms with Crippen molar-refractivity contribution in [2.75, 3.05) is 13.7 Å². The zero-order chi connectivity index (χ0) is 12.1. The Labute approximate surface area is 94.1 Å². The lowest BCUT2D eigenvalue weighted by Crippen LogP contribution is -2.00. The Kier molecular flexibility index (Phi) is 3.94. The van der Waals surface area contributed by atoms with E-state index in [4.69, 9.17) is 14.6 Å². The van der Waals surface area contributed by atoms with Crippen molar-refractivity contribution in [1.82, 2.24) is 0 Å². The third kappa shape index (κ3) is 2.53. The quantitative estimate of drug-likeness (QED) is 0.777. The lowest BCUT2D eigenvalue weighted by atomic mass is 10.1. The van der Waals surface area contributed by atoms with Crippen LogP contribution < -0.4 is 4.74 Å². The van der Waals surface area contributed by atoms with Gasteiger partial charge in [-0.2, -0.15) is 0 Å². The van der Waals surface area contributed by atoms with Crippen molar-refractivity contribution in [2.45, 2.75) is 6.92 Å². The minimum Gasteiger partial charge on any atom is -0.496 e. The predicted molar refractivity (Wildman–Crippen MR) is 60.6 cm³/mol. The summed E-state index contributed by atoms with van der Waals surface area (Å²) in [4.78, 5) is 10.8. The summed E-state index contributed by atoms with van der Waals surface area (Å²) >= 11 is 0. The highest BCUT2D eigenvalue weighted by molar-refractivity contribution is 5.89. The fourth-order valence-corrected chi connectivity index (χ4v) is 1.31. The molecule has 4 nitrogen and oxygen atoms in total. The van der Waals surface area contributed by atoms with Crippen molar-refractivity contribution in [3.05, 3.63) is 35.9 Å². The molecular formula is C12H14O4. The van der Waals surface area contributed by atoms with Gasteiger partial charge in [-0.25, -0.2) is 4.79 Å². The lowest BCUT2D eigenvalue weighted by Gasteiger charge is -2.12. The first kappa shape index (κ1) is 12.1. The molecule has 0 unspecified atom stereocenters. The Balaban J connectivity index is 3.16. The van der Waals surface area contributed by atoms with Crippen LogP contribution in [0, 0.1) is 0 Å². The number of rotatable bonds is 5. The summed E-state index contributed by atoms with van der Waals surface area (Å²) in [6.45, 7) is 6.03. The number of methoxy groups -OCH3 is 1. The van der Waals surface area contributed by atoms with Crippen LogP contribution in [0.2, 0.25) is 0 Å². The number of ether oxygens (including phenoxy) is 2. The van der Waals surface area contributed by atoms with E-state index in [-0.39, 0.29) is 5.56 Å². The van der Waals surface area contributed by atoms with Crippen LogP contribution in [-0.2, 0) is 4.74 Å². The maximum atomic E-state index is 10.8. The first-order valence-electron chi connectivity index (χ1n) is 4.83. The van der Waals surface area contributed by atoms with Gasteiger partial charge in [0.05, 0.1) is 24.8 Å². The molecule has 0 aliphatic heterocycles. The lowest BCUT2D eigenvalue weighted by molar-refractivity contribution is 0.0697. The topological polar surface area (TPSA) is 55.8 Å². The van der Waals surface area contributed by atoms with Gasteiger partial charge in [0, 0.05) is 0 Å². The molecule has 0 aromatic heterocycles. The molecule has 0 saturated carbocycles. The molecule has 0 spiro atoms. The maximum absolute atomic E-state index is 10.8. The zero-order valence-electron chi connectivity index (χ0n) is 9.32. The van der Waals surface area contributed by atoms with Gasteiger partial charge in [0.25, 0.3) is 0 Å². The Morgan fingerprint density at radius 1 is 1.50 bits per heavy atom. The van der Waals surface area contributed by atoms with E-state index in [9.17, 15) is 4.79 Å². The molecule has 16 heavy (non-hydrogen) atoms. The second-order valence-corrected chi connectivity index (χ2v) is 3.08. The maximum Gasteiger partial charge on any atom is 0.335 e. The van der Waals surface area contributed by atoms with E-state index in [0.717, 1.165) is 0 Å². The summed E-state index contributed by atoms with van der Waals surface area (Å²) in [6, 6.07) is 4.55. The van der Waals surface area contributed by atoms with Crippen molar-refractivity contribution in [2.24, 2.45) is 0 Å². The van der Waals surface area contributed by atoms with Crippen LogP contribution in [0.3, 0.4) is 0 Å². The molecule has 1 N–H and O–H groups in total. The highest BCUT2D eigenvalue weighted by Crippen LogP contribution is 2.26. The third-order valence-corrected chi connectivity index (χ3v) is 2.07. The molecule has 0 radical (unpaired) electrons. The molecule has 0 heterocycles. The van der Waals surface area contributed by atoms with E-state index in [2.05, 4.69) is 6.58 Å². The molecular weight excluding hydrogens is 208 g/mol. The standard InChI is InChI=1S/C12H14O4/c1-4-16-8(2)10-7-9(12(13)14)5-6-11(10)15-3/h5-7H,2,4H2,1,3H3,(H,13,14). The smallest absolute Gasteiger partial charge is 0.335 e. The SMILES string of the molecule is C=C(OCC)c1cc(C(=O)O)ccc1OC. The van der Waals surface area contributed by atoms with E-state index in [1.54, 1.807) is 6.07 Å². The van der Waals surface area contributed by atoms with Crippen molar-refractivity contribution in [3.8, 4) is 5.75 Å². The van der Waals surface area contributed by atoms with Crippen LogP contribution in [0.15, 0.2) is 24.8 Å². The van der Waals surface area contributed by atoms with Gasteiger partial charge in [-0.15, -0.1) is 0 Å². The summed E-state index contributed by atoms with van der Waals surface area (Å²) in [6.07, 6.45) is 0. The number of carboxylic acids is 1. The van der Waals surface area contributed by atoms with Crippen LogP contribution in [-0.4, -0.2) is 24.8 Å². The van der Waals surface area contributed by atoms with Crippen molar-refractivity contribution in [3.63, 3.8) is 0 Å². The Hall–Kier alpha value is -1.97. The summed E-state index contributed by atoms with van der Waals surface area (Å²) in [5, 5.41) is 8.87. The number of benzene rings is 1. The summed E-state index contributed by atoms with van der Waals surface area (Å²) in [5.41, 5.74) is 0.737. The molecule has 0 bridgehead atoms. The Bertz CT molecular complexity index is 409. The molecule has 0 fully saturated rings. The number of hydrogen-bond donors (Lipinski definition) is 1. The molecule has 1 aromatic rings. The monoisotopic (exact) mass is 222 g/mol. The van der Waals surface area contributed by atoms with Gasteiger partial charge < -0.3 is 14.6 Å². The highest BCUT2D eigenvalue weighted by atomic mass is 16.5. The van der Waals surface area contributed by atoms with E-state index < -0.39 is 5.97 Å². The first-order chi connectivity index (χ1) is 7.60. The zero-order valence-corrected chi connectivity index (χ0v) is 9.32. The van der Waals surface area contributed by atoms with Crippen LogP contribution in [0.1, 0.15) is 22.8 Å². The minimum atomic E-state index is -0.992. The van der Waals surface area contributed by atoms with Crippen LogP contribution >= 0.6 is 0 Å². The highest BCUT2D eigenvalue weighted by Gasteiger charge is 2.11. The number of carbonyl (C=O) groups is 1. The van der Waals surface area contributed by atoms with E-state index in [1.807, 2.05) is 6.92 Å². The van der Waals surface area contributed by atoms with Crippen molar-refractivity contribution >= 4 is 11.7 Å². The summed E-state index contributed by atoms with van der Waals surface area (Å²) < 4.78 is 10.4. The fraction of sp³-hybridized carbons (Fsp3) is 0.250. The van der Waals surface area contributed by atoms with Crippen molar-refractivity contribution in [1.29, 1.82) is 0 Å². The van der Waals surface area contributed by atoms with Crippen LogP contribution in [0.4, 0.5) is 0 Å². The van der Waals surface area contributed by atoms with Crippen LogP contribution in [0.25, 0.3) is 5.76 Å². The third-order valence-electron chi connectivity index (χ3n) is 2.07. The van der Waals surface area contributed by atoms with Gasteiger partial charge >= 0.3 is 5.97 Å². The number of aromatic carboxylic acids is 1. The number of hydrogen-bond acceptors (Lipinski definition) is 3. The minimum absolute atomic E-state index is 0.177. The molecule has 1 rings (SSSR count). The molecule has 0 amide bonds. The average molecular weight is 222 g/mol. The molecule has 86 valence electrons. The molecule has 4 heteroatoms. The second-order valence-electron chi connectivity index (χ2n) is 3.08. The Morgan fingerprint density at radius 3 is 2.69 bits per heavy atom. The number of carboxylic acid groups (broad SMARTS) is 1. The van der Waals surface area contributed by atoms with Gasteiger partial charge in [-0.1, -0.05) is 6.58 Å². The molecule has 1 aromatic carbocycles. The van der Waals surface area contributed by atoms with E-state index in [0.29, 0.717) is 23.7 Å². The van der Waals surface area contributed by atoms with Gasteiger partial charge in [0.1, 0.15) is 11.5 Å². The molecule has 0 aliphatic carbocycles. The molecule has 0 atom stereocenters. The van der Waals surface area contributed by atoms with Gasteiger partial charge in [0.15, 0.2) is 0 Å². The summed E-state index contributed by atoms with van der Waals surface area (Å²) in [5.74, 6) is -0.0425. The molecule has 0 saturated heterocycles. The normalized spacial score (nSPS) is 9.62. The van der Waals surface area contributed by atoms with Gasteiger partial charge in [-0.05, 0) is 25.1 Å². The predicted octanol–water partition coefficient (Wildman–Crippen LogP) is 2.40. The average Bonchev–Trinajstić information content (AvgIpc) is 2.28.